The van der Waals surface area contributed by atoms with Gasteiger partial charge in [-0.05, 0) is 30.9 Å². The lowest BCUT2D eigenvalue weighted by molar-refractivity contribution is -0.127. The van der Waals surface area contributed by atoms with Gasteiger partial charge in [-0.1, -0.05) is 25.8 Å². The van der Waals surface area contributed by atoms with E-state index >= 15 is 0 Å². The fourth-order valence-electron chi connectivity index (χ4n) is 2.83. The van der Waals surface area contributed by atoms with Gasteiger partial charge in [-0.2, -0.15) is 0 Å². The lowest BCUT2D eigenvalue weighted by Gasteiger charge is -2.31. The summed E-state index contributed by atoms with van der Waals surface area (Å²) >= 11 is 0. The molecular weight excluding hydrogens is 429 g/mol. The van der Waals surface area contributed by atoms with Crippen LogP contribution in [-0.2, 0) is 11.3 Å². The Hall–Kier alpha value is -1.38. The van der Waals surface area contributed by atoms with Crippen LogP contribution in [0.2, 0.25) is 0 Å². The zero-order valence-corrected chi connectivity index (χ0v) is 17.7. The van der Waals surface area contributed by atoms with Crippen LogP contribution >= 0.6 is 24.0 Å². The van der Waals surface area contributed by atoms with Crippen LogP contribution in [0, 0.1) is 5.92 Å². The molecule has 1 saturated carbocycles. The van der Waals surface area contributed by atoms with Gasteiger partial charge in [0, 0.05) is 26.3 Å². The first-order chi connectivity index (χ1) is 11.6. The molecule has 7 heteroatoms. The number of nitrogens with one attached hydrogen (secondary N) is 2. The van der Waals surface area contributed by atoms with Crippen molar-refractivity contribution < 1.29 is 4.79 Å². The molecule has 2 rings (SSSR count). The minimum absolute atomic E-state index is 0. The number of nitrogens with zero attached hydrogens (tertiary/aromatic N) is 3. The molecule has 1 aliphatic carbocycles. The summed E-state index contributed by atoms with van der Waals surface area (Å²) in [7, 11) is 3.51. The van der Waals surface area contributed by atoms with Gasteiger partial charge in [-0.15, -0.1) is 24.0 Å². The molecule has 1 heterocycles. The summed E-state index contributed by atoms with van der Waals surface area (Å²) in [4.78, 5) is 22.3. The molecule has 1 aromatic rings. The molecule has 2 N–H and O–H groups in total. The molecule has 0 spiro atoms. The minimum atomic E-state index is 0. The Morgan fingerprint density at radius 1 is 1.32 bits per heavy atom. The second-order valence-corrected chi connectivity index (χ2v) is 6.64. The maximum atomic E-state index is 11.8. The zero-order chi connectivity index (χ0) is 17.4. The third kappa shape index (κ3) is 7.58. The Kier molecular flexibility index (Phi) is 9.77. The number of hydrogen-bond acceptors (Lipinski definition) is 3. The number of hydrogen-bond donors (Lipinski definition) is 2. The summed E-state index contributed by atoms with van der Waals surface area (Å²) in [6.07, 6.45) is 6.69. The van der Waals surface area contributed by atoms with E-state index in [-0.39, 0.29) is 36.4 Å². The molecule has 2 atom stereocenters. The molecule has 0 saturated heterocycles. The molecule has 6 nitrogen and oxygen atoms in total. The predicted molar refractivity (Wildman–Crippen MR) is 112 cm³/mol. The molecule has 0 aromatic carbocycles. The van der Waals surface area contributed by atoms with Gasteiger partial charge in [0.05, 0.1) is 18.8 Å². The number of aromatic nitrogens is 1. The van der Waals surface area contributed by atoms with E-state index in [1.807, 2.05) is 18.2 Å². The largest absolute Gasteiger partial charge is 0.353 e. The van der Waals surface area contributed by atoms with E-state index in [1.165, 1.54) is 19.3 Å². The number of aliphatic imine (C=N–C) groups is 1. The topological polar surface area (TPSA) is 69.6 Å². The van der Waals surface area contributed by atoms with Gasteiger partial charge >= 0.3 is 0 Å². The molecular formula is C18H30IN5O. The Labute approximate surface area is 167 Å². The van der Waals surface area contributed by atoms with E-state index in [0.29, 0.717) is 24.5 Å². The SMILES string of the molecule is CC1CCCCC1NC(=NCc1ccccn1)NCC(=O)N(C)C.I. The van der Waals surface area contributed by atoms with E-state index in [4.69, 9.17) is 0 Å². The Balaban J connectivity index is 0.00000312. The van der Waals surface area contributed by atoms with Gasteiger partial charge in [-0.3, -0.25) is 9.78 Å². The zero-order valence-electron chi connectivity index (χ0n) is 15.4. The van der Waals surface area contributed by atoms with Crippen LogP contribution in [-0.4, -0.2) is 48.4 Å². The maximum Gasteiger partial charge on any atom is 0.241 e. The third-order valence-electron chi connectivity index (χ3n) is 4.46. The van der Waals surface area contributed by atoms with Crippen LogP contribution in [0.1, 0.15) is 38.3 Å². The molecule has 140 valence electrons. The van der Waals surface area contributed by atoms with Crippen molar-refractivity contribution in [1.82, 2.24) is 20.5 Å². The second-order valence-electron chi connectivity index (χ2n) is 6.64. The number of carbonyl (C=O) groups is 1. The van der Waals surface area contributed by atoms with Crippen LogP contribution in [0.5, 0.6) is 0 Å². The van der Waals surface area contributed by atoms with Crippen molar-refractivity contribution >= 4 is 35.8 Å². The van der Waals surface area contributed by atoms with E-state index in [9.17, 15) is 4.79 Å². The monoisotopic (exact) mass is 459 g/mol. The highest BCUT2D eigenvalue weighted by Gasteiger charge is 2.22. The van der Waals surface area contributed by atoms with Crippen LogP contribution in [0.25, 0.3) is 0 Å². The smallest absolute Gasteiger partial charge is 0.241 e. The molecule has 1 amide bonds. The number of pyridine rings is 1. The molecule has 1 fully saturated rings. The average Bonchev–Trinajstić information content (AvgIpc) is 2.59. The van der Waals surface area contributed by atoms with E-state index in [1.54, 1.807) is 25.2 Å². The summed E-state index contributed by atoms with van der Waals surface area (Å²) in [6, 6.07) is 6.21. The van der Waals surface area contributed by atoms with E-state index in [2.05, 4.69) is 27.5 Å². The molecule has 1 aliphatic rings. The van der Waals surface area contributed by atoms with Gasteiger partial charge < -0.3 is 15.5 Å². The van der Waals surface area contributed by atoms with Crippen LogP contribution in [0.4, 0.5) is 0 Å². The van der Waals surface area contributed by atoms with Gasteiger partial charge in [-0.25, -0.2) is 4.99 Å². The normalized spacial score (nSPS) is 20.4. The van der Waals surface area contributed by atoms with Crippen molar-refractivity contribution in [2.75, 3.05) is 20.6 Å². The number of rotatable bonds is 5. The summed E-state index contributed by atoms with van der Waals surface area (Å²) in [5.41, 5.74) is 0.911. The lowest BCUT2D eigenvalue weighted by Crippen LogP contribution is -2.49. The molecule has 0 radical (unpaired) electrons. The summed E-state index contributed by atoms with van der Waals surface area (Å²) in [6.45, 7) is 3.01. The van der Waals surface area contributed by atoms with Gasteiger partial charge in [0.2, 0.25) is 5.91 Å². The molecule has 0 aliphatic heterocycles. The van der Waals surface area contributed by atoms with Crippen molar-refractivity contribution in [3.05, 3.63) is 30.1 Å². The van der Waals surface area contributed by atoms with Crippen LogP contribution in [0.3, 0.4) is 0 Å². The van der Waals surface area contributed by atoms with Gasteiger partial charge in [0.25, 0.3) is 0 Å². The van der Waals surface area contributed by atoms with Crippen molar-refractivity contribution in [2.24, 2.45) is 10.9 Å². The van der Waals surface area contributed by atoms with Gasteiger partial charge in [0.15, 0.2) is 5.96 Å². The second kappa shape index (κ2) is 11.3. The highest BCUT2D eigenvalue weighted by Crippen LogP contribution is 2.23. The number of guanidine groups is 1. The summed E-state index contributed by atoms with van der Waals surface area (Å²) in [5.74, 6) is 1.33. The first kappa shape index (κ1) is 21.7. The summed E-state index contributed by atoms with van der Waals surface area (Å²) < 4.78 is 0. The molecule has 0 bridgehead atoms. The Morgan fingerprint density at radius 3 is 2.72 bits per heavy atom. The van der Waals surface area contributed by atoms with Crippen LogP contribution < -0.4 is 10.6 Å². The summed E-state index contributed by atoms with van der Waals surface area (Å²) in [5, 5.41) is 6.67. The van der Waals surface area contributed by atoms with Crippen molar-refractivity contribution in [1.29, 1.82) is 0 Å². The highest BCUT2D eigenvalue weighted by molar-refractivity contribution is 14.0. The van der Waals surface area contributed by atoms with Crippen LogP contribution in [0.15, 0.2) is 29.4 Å². The van der Waals surface area contributed by atoms with Gasteiger partial charge in [0.1, 0.15) is 0 Å². The Morgan fingerprint density at radius 2 is 2.08 bits per heavy atom. The van der Waals surface area contributed by atoms with Crippen molar-refractivity contribution in [3.8, 4) is 0 Å². The van der Waals surface area contributed by atoms with Crippen molar-refractivity contribution in [3.63, 3.8) is 0 Å². The Bertz CT molecular complexity index is 550. The highest BCUT2D eigenvalue weighted by atomic mass is 127. The van der Waals surface area contributed by atoms with Crippen molar-refractivity contribution in [2.45, 2.75) is 45.2 Å². The number of likely N-dealkylation sites (N-methyl/N-ethyl adjacent to an activating group) is 1. The fourth-order valence-corrected chi connectivity index (χ4v) is 2.83. The lowest BCUT2D eigenvalue weighted by atomic mass is 9.86. The molecule has 1 aromatic heterocycles. The van der Waals surface area contributed by atoms with E-state index < -0.39 is 0 Å². The average molecular weight is 459 g/mol. The first-order valence-corrected chi connectivity index (χ1v) is 8.71. The fraction of sp³-hybridized carbons (Fsp3) is 0.611. The van der Waals surface area contributed by atoms with E-state index in [0.717, 1.165) is 12.1 Å². The standard InChI is InChI=1S/C18H29N5O.HI/c1-14-8-4-5-10-16(14)22-18(21-13-17(24)23(2)3)20-12-15-9-6-7-11-19-15;/h6-7,9,11,14,16H,4-5,8,10,12-13H2,1-3H3,(H2,20,21,22);1H. The number of carbonyl (C=O) groups excluding carboxylic acids is 1. The maximum absolute atomic E-state index is 11.8. The number of amides is 1. The number of halogens is 1. The third-order valence-corrected chi connectivity index (χ3v) is 4.46. The first-order valence-electron chi connectivity index (χ1n) is 8.71. The molecule has 25 heavy (non-hydrogen) atoms. The molecule has 2 unspecified atom stereocenters. The minimum Gasteiger partial charge on any atom is -0.353 e. The predicted octanol–water partition coefficient (Wildman–Crippen LogP) is 2.40. The quantitative estimate of drug-likeness (QED) is 0.403.